The summed E-state index contributed by atoms with van der Waals surface area (Å²) in [5.74, 6) is 0.321. The van der Waals surface area contributed by atoms with Crippen molar-refractivity contribution in [2.45, 2.75) is 154 Å². The maximum atomic E-state index is 15.3. The van der Waals surface area contributed by atoms with Crippen LogP contribution in [0.4, 0.5) is 5.69 Å². The fourth-order valence-electron chi connectivity index (χ4n) is 15.5. The lowest BCUT2D eigenvalue weighted by Crippen LogP contribution is -2.62. The lowest BCUT2D eigenvalue weighted by atomic mass is 9.84. The molecule has 7 aliphatic heterocycles. The summed E-state index contributed by atoms with van der Waals surface area (Å²) in [7, 11) is 3.84. The summed E-state index contributed by atoms with van der Waals surface area (Å²) in [6, 6.07) is 7.62. The number of esters is 1. The second kappa shape index (κ2) is 22.2. The summed E-state index contributed by atoms with van der Waals surface area (Å²) in [5.41, 5.74) is 10.8. The molecule has 81 heavy (non-hydrogen) atoms. The third kappa shape index (κ3) is 10.7. The van der Waals surface area contributed by atoms with E-state index in [-0.39, 0.29) is 54.2 Å². The fraction of sp³-hybridized carbons (Fsp3) is 0.677. The van der Waals surface area contributed by atoms with Crippen molar-refractivity contribution in [2.75, 3.05) is 97.8 Å². The van der Waals surface area contributed by atoms with E-state index in [1.54, 1.807) is 12.1 Å². The van der Waals surface area contributed by atoms with Gasteiger partial charge in [0.2, 0.25) is 11.8 Å². The van der Waals surface area contributed by atoms with E-state index in [0.717, 1.165) is 159 Å². The molecule has 0 radical (unpaired) electrons. The molecule has 2 aliphatic carbocycles. The Morgan fingerprint density at radius 2 is 1.81 bits per heavy atom. The minimum Gasteiger partial charge on any atom is -0.464 e. The Morgan fingerprint density at radius 3 is 2.62 bits per heavy atom. The number of hydrogen-bond acceptors (Lipinski definition) is 15. The van der Waals surface area contributed by atoms with E-state index in [0.29, 0.717) is 50.4 Å². The molecule has 18 nitrogen and oxygen atoms in total. The Labute approximate surface area is 481 Å². The van der Waals surface area contributed by atoms with E-state index in [1.807, 2.05) is 6.20 Å². The minimum absolute atomic E-state index is 0.0216. The van der Waals surface area contributed by atoms with Crippen molar-refractivity contribution in [3.63, 3.8) is 0 Å². The Kier molecular flexibility index (Phi) is 15.1. The number of anilines is 1. The maximum Gasteiger partial charge on any atom is 0.324 e. The molecule has 3 amide bonds. The minimum atomic E-state index is -0.935. The third-order valence-electron chi connectivity index (χ3n) is 20.3. The van der Waals surface area contributed by atoms with Crippen LogP contribution in [0.3, 0.4) is 0 Å². The summed E-state index contributed by atoms with van der Waals surface area (Å²) in [4.78, 5) is 80.9. The number of amides is 3. The number of nitrogens with zero attached hydrogens (tertiary/aromatic N) is 9. The maximum absolute atomic E-state index is 15.3. The second-order valence-corrected chi connectivity index (χ2v) is 27.3. The highest BCUT2D eigenvalue weighted by Gasteiger charge is 2.59. The summed E-state index contributed by atoms with van der Waals surface area (Å²) in [6.07, 6.45) is 12.1. The SMILES string of the molecule is CCn1c(-c2cc(N3CCN4CCOC[C@@H]4C3)cnc2[C@H](C)OC)c2c3cc(ccc31)-c1csc(n1)C[C@H](NC(=O)[C@H](C1CCCC1)N1CC[C@]3(CCN(C(=O)[C@H]4[C@@H](C5CC5)N4C)C3)C1)C(=O)N1CCC[C@H](N1)C(=O)OCC(C)(C)C2. The van der Waals surface area contributed by atoms with Crippen molar-refractivity contribution in [2.24, 2.45) is 22.7 Å². The van der Waals surface area contributed by atoms with Crippen LogP contribution in [0, 0.1) is 22.7 Å². The molecule has 9 aliphatic rings. The van der Waals surface area contributed by atoms with E-state index in [1.165, 1.54) is 24.2 Å². The molecule has 10 heterocycles. The van der Waals surface area contributed by atoms with Crippen LogP contribution in [0.1, 0.15) is 114 Å². The van der Waals surface area contributed by atoms with Crippen LogP contribution in [0.2, 0.25) is 0 Å². The molecule has 3 aromatic heterocycles. The number of aryl methyl sites for hydroxylation is 1. The first kappa shape index (κ1) is 55.2. The zero-order valence-corrected chi connectivity index (χ0v) is 49.4. The first-order valence-electron chi connectivity index (χ1n) is 30.7. The standard InChI is InChI=1S/C62H85N11O7S/c1-7-72-50-17-16-41-27-44(50)46(55(72)45-28-42(31-63-52(45)38(2)78-6)69-24-23-68-25-26-79-33-43(68)32-69)30-61(3,4)37-80-60(77)47-13-10-20-73(66-47)58(75)48(29-51-64-49(41)34-81-51)65-57(74)54(39-11-8-9-12-39)70-21-18-62(35-70)19-22-71(36-62)59(76)56-53(67(56)5)40-14-15-40/h16-17,27-28,31,34,38-40,43,47-48,53-54,56,66H,7-15,18-26,29-30,32-33,35-37H2,1-6H3,(H,65,74)/t38-,43-,47-,48-,53+,54-,56+,62-,67?/m0/s1. The lowest BCUT2D eigenvalue weighted by molar-refractivity contribution is -0.155. The van der Waals surface area contributed by atoms with E-state index >= 15 is 9.59 Å². The molecular weight excluding hydrogens is 1040 g/mol. The topological polar surface area (TPSA) is 170 Å². The molecule has 4 aromatic rings. The largest absolute Gasteiger partial charge is 0.464 e. The van der Waals surface area contributed by atoms with Gasteiger partial charge in [0.25, 0.3) is 5.91 Å². The van der Waals surface area contributed by atoms with Gasteiger partial charge in [0.05, 0.1) is 72.0 Å². The van der Waals surface area contributed by atoms with Crippen molar-refractivity contribution < 1.29 is 33.4 Å². The van der Waals surface area contributed by atoms with Crippen LogP contribution in [-0.2, 0) is 52.8 Å². The van der Waals surface area contributed by atoms with Crippen LogP contribution in [0.25, 0.3) is 33.4 Å². The van der Waals surface area contributed by atoms with Gasteiger partial charge in [-0.15, -0.1) is 11.3 Å². The van der Waals surface area contributed by atoms with Gasteiger partial charge in [-0.1, -0.05) is 32.8 Å². The molecule has 2 N–H and O–H groups in total. The van der Waals surface area contributed by atoms with Gasteiger partial charge in [-0.3, -0.25) is 43.9 Å². The number of pyridine rings is 1. The number of likely N-dealkylation sites (tertiary alicyclic amines) is 2. The number of methoxy groups -OCH3 is 1. The Bertz CT molecular complexity index is 3040. The van der Waals surface area contributed by atoms with Gasteiger partial charge in [-0.25, -0.2) is 10.4 Å². The summed E-state index contributed by atoms with van der Waals surface area (Å²) < 4.78 is 20.7. The van der Waals surface area contributed by atoms with Crippen molar-refractivity contribution in [3.05, 3.63) is 52.1 Å². The second-order valence-electron chi connectivity index (χ2n) is 26.3. The summed E-state index contributed by atoms with van der Waals surface area (Å²) >= 11 is 1.51. The Balaban J connectivity index is 0.823. The van der Waals surface area contributed by atoms with Gasteiger partial charge in [-0.2, -0.15) is 0 Å². The van der Waals surface area contributed by atoms with Crippen molar-refractivity contribution >= 4 is 51.6 Å². The zero-order chi connectivity index (χ0) is 55.9. The number of rotatable bonds is 11. The number of morpholine rings is 1. The number of aromatic nitrogens is 3. The molecule has 1 aromatic carbocycles. The molecular formula is C62H85N11O7S. The number of nitrogens with one attached hydrogen (secondary N) is 2. The van der Waals surface area contributed by atoms with Crippen LogP contribution in [0.15, 0.2) is 35.8 Å². The van der Waals surface area contributed by atoms with Crippen molar-refractivity contribution in [3.8, 4) is 22.5 Å². The monoisotopic (exact) mass is 1130 g/mol. The third-order valence-corrected chi connectivity index (χ3v) is 21.1. The number of carbonyl (C=O) groups is 4. The van der Waals surface area contributed by atoms with Gasteiger partial charge >= 0.3 is 5.97 Å². The number of hydrogen-bond donors (Lipinski definition) is 2. The fourth-order valence-corrected chi connectivity index (χ4v) is 16.4. The van der Waals surface area contributed by atoms with E-state index in [4.69, 9.17) is 24.2 Å². The van der Waals surface area contributed by atoms with E-state index in [9.17, 15) is 9.59 Å². The number of ether oxygens (including phenoxy) is 3. The van der Waals surface area contributed by atoms with Crippen LogP contribution in [-0.4, -0.2) is 192 Å². The summed E-state index contributed by atoms with van der Waals surface area (Å²) in [5, 5.41) is 8.83. The number of benzene rings is 1. The quantitative estimate of drug-likeness (QED) is 0.127. The van der Waals surface area contributed by atoms with E-state index in [2.05, 4.69) is 104 Å². The molecule has 6 saturated heterocycles. The number of piperazine rings is 1. The van der Waals surface area contributed by atoms with Gasteiger partial charge in [0, 0.05) is 117 Å². The van der Waals surface area contributed by atoms with Gasteiger partial charge in [0.15, 0.2) is 0 Å². The predicted molar refractivity (Wildman–Crippen MR) is 311 cm³/mol. The highest BCUT2D eigenvalue weighted by molar-refractivity contribution is 7.10. The molecule has 8 fully saturated rings. The molecule has 9 atom stereocenters. The number of hydrazine groups is 1. The molecule has 436 valence electrons. The van der Waals surface area contributed by atoms with Gasteiger partial charge < -0.3 is 33.9 Å². The number of likely N-dealkylation sites (N-methyl/N-ethyl adjacent to an activating group) is 1. The average molecular weight is 1130 g/mol. The normalized spacial score (nSPS) is 30.2. The number of cyclic esters (lactones) is 1. The average Bonchev–Trinajstić information content (AvgIpc) is 4.07. The van der Waals surface area contributed by atoms with Crippen molar-refractivity contribution in [1.29, 1.82) is 0 Å². The smallest absolute Gasteiger partial charge is 0.324 e. The zero-order valence-electron chi connectivity index (χ0n) is 48.6. The molecule has 6 bridgehead atoms. The van der Waals surface area contributed by atoms with Crippen molar-refractivity contribution in [1.82, 2.24) is 49.9 Å². The lowest BCUT2D eigenvalue weighted by Gasteiger charge is -2.44. The highest BCUT2D eigenvalue weighted by atomic mass is 32.1. The van der Waals surface area contributed by atoms with Gasteiger partial charge in [0.1, 0.15) is 18.1 Å². The molecule has 19 heteroatoms. The molecule has 1 spiro atoms. The molecule has 13 rings (SSSR count). The first-order chi connectivity index (χ1) is 39.2. The Morgan fingerprint density at radius 1 is 0.988 bits per heavy atom. The van der Waals surface area contributed by atoms with Crippen LogP contribution in [0.5, 0.6) is 0 Å². The van der Waals surface area contributed by atoms with E-state index < -0.39 is 29.5 Å². The molecule has 2 saturated carbocycles. The summed E-state index contributed by atoms with van der Waals surface area (Å²) in [6.45, 7) is 18.1. The first-order valence-corrected chi connectivity index (χ1v) is 31.6. The predicted octanol–water partition coefficient (Wildman–Crippen LogP) is 6.30. The molecule has 1 unspecified atom stereocenters. The Hall–Kier alpha value is -5.02. The van der Waals surface area contributed by atoms with Crippen LogP contribution >= 0.6 is 11.3 Å². The number of thiazole rings is 1. The number of fused-ring (bicyclic) bond motifs is 7. The highest BCUT2D eigenvalue weighted by Crippen LogP contribution is 2.49. The number of carbonyl (C=O) groups excluding carboxylic acids is 4. The van der Waals surface area contributed by atoms with Gasteiger partial charge in [-0.05, 0) is 121 Å². The van der Waals surface area contributed by atoms with Crippen LogP contribution < -0.4 is 15.6 Å².